The Hall–Kier alpha value is -3.12. The Morgan fingerprint density at radius 2 is 1.58 bits per heavy atom. The number of ether oxygens (including phenoxy) is 3. The van der Waals surface area contributed by atoms with Crippen molar-refractivity contribution in [2.45, 2.75) is 76.1 Å². The van der Waals surface area contributed by atoms with Crippen molar-refractivity contribution < 1.29 is 19.0 Å². The first-order chi connectivity index (χ1) is 18.4. The van der Waals surface area contributed by atoms with E-state index in [9.17, 15) is 4.79 Å². The van der Waals surface area contributed by atoms with E-state index in [1.165, 1.54) is 27.8 Å². The molecule has 1 amide bonds. The summed E-state index contributed by atoms with van der Waals surface area (Å²) in [4.78, 5) is 15.6. The molecule has 2 unspecified atom stereocenters. The van der Waals surface area contributed by atoms with Crippen LogP contribution in [0.3, 0.4) is 0 Å². The Morgan fingerprint density at radius 1 is 0.895 bits per heavy atom. The minimum atomic E-state index is 0.108. The van der Waals surface area contributed by atoms with Gasteiger partial charge in [0.25, 0.3) is 5.91 Å². The van der Waals surface area contributed by atoms with Gasteiger partial charge in [-0.1, -0.05) is 29.8 Å². The van der Waals surface area contributed by atoms with E-state index < -0.39 is 0 Å². The second kappa shape index (κ2) is 10.6. The van der Waals surface area contributed by atoms with Gasteiger partial charge >= 0.3 is 0 Å². The zero-order valence-corrected chi connectivity index (χ0v) is 23.2. The quantitative estimate of drug-likeness (QED) is 0.330. The van der Waals surface area contributed by atoms with Gasteiger partial charge < -0.3 is 19.1 Å². The summed E-state index contributed by atoms with van der Waals surface area (Å²) in [5.41, 5.74) is 7.55. The first-order valence-electron chi connectivity index (χ1n) is 13.6. The zero-order valence-electron chi connectivity index (χ0n) is 22.4. The molecule has 3 aliphatic heterocycles. The van der Waals surface area contributed by atoms with Crippen LogP contribution in [0.25, 0.3) is 0 Å². The molecule has 3 aromatic carbocycles. The molecule has 0 spiro atoms. The number of carbonyl (C=O) groups excluding carboxylic acids is 1. The van der Waals surface area contributed by atoms with Gasteiger partial charge in [-0.05, 0) is 80.1 Å². The largest absolute Gasteiger partial charge is 0.490 e. The maximum absolute atomic E-state index is 13.5. The van der Waals surface area contributed by atoms with Crippen molar-refractivity contribution in [3.05, 3.63) is 88.0 Å². The number of hydrogen-bond acceptors (Lipinski definition) is 5. The lowest BCUT2D eigenvalue weighted by atomic mass is 9.98. The molecule has 6 heteroatoms. The topological polar surface area (TPSA) is 48.0 Å². The Kier molecular flexibility index (Phi) is 7.00. The van der Waals surface area contributed by atoms with Crippen LogP contribution in [0.4, 0.5) is 0 Å². The number of carbonyl (C=O) groups is 1. The molecule has 0 aliphatic carbocycles. The first kappa shape index (κ1) is 25.2. The Bertz CT molecular complexity index is 1300. The lowest BCUT2D eigenvalue weighted by Gasteiger charge is -2.39. The maximum Gasteiger partial charge on any atom is 0.254 e. The van der Waals surface area contributed by atoms with Gasteiger partial charge in [0.1, 0.15) is 11.9 Å². The van der Waals surface area contributed by atoms with E-state index in [2.05, 4.69) is 49.9 Å². The van der Waals surface area contributed by atoms with Gasteiger partial charge in [0, 0.05) is 48.1 Å². The number of aryl methyl sites for hydroxylation is 3. The van der Waals surface area contributed by atoms with Crippen LogP contribution in [0.2, 0.25) is 0 Å². The molecule has 0 saturated carbocycles. The summed E-state index contributed by atoms with van der Waals surface area (Å²) in [5, 5.41) is 0. The third-order valence-electron chi connectivity index (χ3n) is 8.13. The molecule has 2 atom stereocenters. The zero-order chi connectivity index (χ0) is 26.2. The Labute approximate surface area is 229 Å². The van der Waals surface area contributed by atoms with Crippen LogP contribution in [0, 0.1) is 20.8 Å². The maximum atomic E-state index is 13.5. The minimum absolute atomic E-state index is 0.108. The number of benzene rings is 3. The van der Waals surface area contributed by atoms with Crippen LogP contribution in [-0.2, 0) is 11.5 Å². The molecule has 5 nitrogen and oxygen atoms in total. The van der Waals surface area contributed by atoms with Crippen molar-refractivity contribution in [2.24, 2.45) is 0 Å². The average Bonchev–Trinajstić information content (AvgIpc) is 3.47. The minimum Gasteiger partial charge on any atom is -0.490 e. The molecule has 0 N–H and O–H groups in total. The monoisotopic (exact) mass is 529 g/mol. The standard InChI is InChI=1S/C32H35NO4S/c1-20-12-21(2)29(22(3)13-20)18-38-17-23-4-6-24(7-5-23)32(34)33-25-8-9-26(33)15-28(14-25)37-27-10-11-30-31(16-27)36-19-35-30/h4-7,10-13,16,25-26,28H,8-9,14-15,17-19H2,1-3H3. The van der Waals surface area contributed by atoms with E-state index in [0.717, 1.165) is 60.0 Å². The molecule has 0 radical (unpaired) electrons. The molecular weight excluding hydrogens is 494 g/mol. The van der Waals surface area contributed by atoms with Crippen LogP contribution < -0.4 is 14.2 Å². The van der Waals surface area contributed by atoms with E-state index in [1.54, 1.807) is 0 Å². The van der Waals surface area contributed by atoms with Crippen LogP contribution >= 0.6 is 11.8 Å². The van der Waals surface area contributed by atoms with E-state index in [1.807, 2.05) is 42.1 Å². The molecule has 3 aromatic rings. The highest BCUT2D eigenvalue weighted by atomic mass is 32.2. The van der Waals surface area contributed by atoms with Crippen LogP contribution in [0.1, 0.15) is 63.9 Å². The number of nitrogens with zero attached hydrogens (tertiary/aromatic N) is 1. The molecule has 3 aliphatic rings. The Morgan fingerprint density at radius 3 is 2.29 bits per heavy atom. The van der Waals surface area contributed by atoms with E-state index in [4.69, 9.17) is 14.2 Å². The van der Waals surface area contributed by atoms with Crippen molar-refractivity contribution in [3.8, 4) is 17.2 Å². The van der Waals surface area contributed by atoms with Crippen molar-refractivity contribution in [1.82, 2.24) is 4.90 Å². The predicted molar refractivity (Wildman–Crippen MR) is 151 cm³/mol. The number of piperidine rings is 1. The molecule has 6 rings (SSSR count). The second-order valence-corrected chi connectivity index (χ2v) is 11.9. The molecule has 3 heterocycles. The van der Waals surface area contributed by atoms with Crippen LogP contribution in [-0.4, -0.2) is 35.8 Å². The summed E-state index contributed by atoms with van der Waals surface area (Å²) < 4.78 is 17.2. The van der Waals surface area contributed by atoms with Gasteiger partial charge in [-0.2, -0.15) is 11.8 Å². The number of fused-ring (bicyclic) bond motifs is 3. The summed E-state index contributed by atoms with van der Waals surface area (Å²) in [5.74, 6) is 4.41. The van der Waals surface area contributed by atoms with E-state index in [-0.39, 0.29) is 30.9 Å². The smallest absolute Gasteiger partial charge is 0.254 e. The van der Waals surface area contributed by atoms with Crippen LogP contribution in [0.5, 0.6) is 17.2 Å². The summed E-state index contributed by atoms with van der Waals surface area (Å²) in [6.07, 6.45) is 3.93. The molecule has 38 heavy (non-hydrogen) atoms. The fraction of sp³-hybridized carbons (Fsp3) is 0.406. The number of rotatable bonds is 7. The number of amides is 1. The SMILES string of the molecule is Cc1cc(C)c(CSCc2ccc(C(=O)N3C4CCC3CC(Oc3ccc5c(c3)OCO5)C4)cc2)c(C)c1. The highest BCUT2D eigenvalue weighted by Gasteiger charge is 2.44. The van der Waals surface area contributed by atoms with Gasteiger partial charge in [0.05, 0.1) is 0 Å². The highest BCUT2D eigenvalue weighted by molar-refractivity contribution is 7.97. The molecule has 2 fully saturated rings. The van der Waals surface area contributed by atoms with E-state index in [0.29, 0.717) is 0 Å². The van der Waals surface area contributed by atoms with Crippen molar-refractivity contribution in [3.63, 3.8) is 0 Å². The van der Waals surface area contributed by atoms with Gasteiger partial charge in [0.2, 0.25) is 6.79 Å². The number of thioether (sulfide) groups is 1. The van der Waals surface area contributed by atoms with Gasteiger partial charge in [-0.3, -0.25) is 4.79 Å². The molecule has 198 valence electrons. The predicted octanol–water partition coefficient (Wildman–Crippen LogP) is 6.99. The molecular formula is C32H35NO4S. The summed E-state index contributed by atoms with van der Waals surface area (Å²) in [6, 6.07) is 19.0. The Balaban J connectivity index is 1.04. The summed E-state index contributed by atoms with van der Waals surface area (Å²) in [7, 11) is 0. The molecule has 0 aromatic heterocycles. The van der Waals surface area contributed by atoms with Crippen molar-refractivity contribution in [2.75, 3.05) is 6.79 Å². The lowest BCUT2D eigenvalue weighted by molar-refractivity contribution is 0.0358. The normalized spacial score (nSPS) is 21.6. The fourth-order valence-corrected chi connectivity index (χ4v) is 7.49. The highest BCUT2D eigenvalue weighted by Crippen LogP contribution is 2.40. The van der Waals surface area contributed by atoms with Gasteiger partial charge in [-0.15, -0.1) is 0 Å². The fourth-order valence-electron chi connectivity index (χ4n) is 6.30. The first-order valence-corrected chi connectivity index (χ1v) is 14.7. The molecule has 2 bridgehead atoms. The van der Waals surface area contributed by atoms with Crippen molar-refractivity contribution >= 4 is 17.7 Å². The third kappa shape index (κ3) is 5.11. The van der Waals surface area contributed by atoms with Gasteiger partial charge in [0.15, 0.2) is 11.5 Å². The second-order valence-electron chi connectivity index (χ2n) is 10.9. The van der Waals surface area contributed by atoms with E-state index >= 15 is 0 Å². The number of hydrogen-bond donors (Lipinski definition) is 0. The summed E-state index contributed by atoms with van der Waals surface area (Å²) >= 11 is 1.93. The molecule has 2 saturated heterocycles. The van der Waals surface area contributed by atoms with Crippen molar-refractivity contribution in [1.29, 1.82) is 0 Å². The third-order valence-corrected chi connectivity index (χ3v) is 9.16. The van der Waals surface area contributed by atoms with Gasteiger partial charge in [-0.25, -0.2) is 0 Å². The van der Waals surface area contributed by atoms with Crippen LogP contribution in [0.15, 0.2) is 54.6 Å². The average molecular weight is 530 g/mol. The lowest BCUT2D eigenvalue weighted by Crippen LogP contribution is -2.49. The summed E-state index contributed by atoms with van der Waals surface area (Å²) in [6.45, 7) is 6.82.